The quantitative estimate of drug-likeness (QED) is 0.211. The Bertz CT molecular complexity index is 2060. The van der Waals surface area contributed by atoms with Crippen molar-refractivity contribution in [3.63, 3.8) is 0 Å². The van der Waals surface area contributed by atoms with Gasteiger partial charge in [-0.05, 0) is 67.6 Å². The van der Waals surface area contributed by atoms with Crippen molar-refractivity contribution in [3.8, 4) is 0 Å². The number of amides is 2. The molecule has 2 saturated heterocycles. The first kappa shape index (κ1) is 38.8. The summed E-state index contributed by atoms with van der Waals surface area (Å²) in [5.74, 6) is -1.56. The summed E-state index contributed by atoms with van der Waals surface area (Å²) >= 11 is 0. The number of fused-ring (bicyclic) bond motifs is 5. The highest BCUT2D eigenvalue weighted by Crippen LogP contribution is 2.36. The van der Waals surface area contributed by atoms with Crippen molar-refractivity contribution in [2.24, 2.45) is 16.8 Å². The second kappa shape index (κ2) is 16.3. The van der Waals surface area contributed by atoms with Gasteiger partial charge in [0.15, 0.2) is 5.88 Å². The summed E-state index contributed by atoms with van der Waals surface area (Å²) in [5.41, 5.74) is 2.52. The van der Waals surface area contributed by atoms with Gasteiger partial charge >= 0.3 is 0 Å². The molecular weight excluding hydrogens is 730 g/mol. The van der Waals surface area contributed by atoms with E-state index in [4.69, 9.17) is 10.1 Å². The molecule has 1 atom stereocenters. The molecule has 2 aromatic carbocycles. The van der Waals surface area contributed by atoms with Crippen molar-refractivity contribution in [2.45, 2.75) is 39.7 Å². The molecule has 2 bridgehead atoms. The Hall–Kier alpha value is -5.51. The number of ether oxygens (including phenoxy) is 1. The van der Waals surface area contributed by atoms with E-state index in [-0.39, 0.29) is 47.1 Å². The van der Waals surface area contributed by atoms with Crippen LogP contribution in [-0.2, 0) is 16.1 Å². The number of anilines is 3. The number of aliphatic imine (C=N–C) groups is 1. The predicted octanol–water partition coefficient (Wildman–Crippen LogP) is 5.50. The molecule has 296 valence electrons. The van der Waals surface area contributed by atoms with Crippen LogP contribution in [0.25, 0.3) is 5.57 Å². The second-order valence-corrected chi connectivity index (χ2v) is 14.8. The number of allylic oxidation sites excluding steroid dienone is 1. The van der Waals surface area contributed by atoms with Crippen molar-refractivity contribution in [1.82, 2.24) is 20.1 Å². The predicted molar refractivity (Wildman–Crippen MR) is 206 cm³/mol. The lowest BCUT2D eigenvalue weighted by molar-refractivity contribution is -0.138. The summed E-state index contributed by atoms with van der Waals surface area (Å²) in [6, 6.07) is 12.4. The van der Waals surface area contributed by atoms with E-state index in [0.29, 0.717) is 76.1 Å². The summed E-state index contributed by atoms with van der Waals surface area (Å²) in [6.07, 6.45) is -1.76. The van der Waals surface area contributed by atoms with E-state index in [1.54, 1.807) is 6.92 Å². The zero-order valence-electron chi connectivity index (χ0n) is 31.5. The lowest BCUT2D eigenvalue weighted by atomic mass is 9.97. The third-order valence-corrected chi connectivity index (χ3v) is 10.6. The first-order chi connectivity index (χ1) is 26.9. The van der Waals surface area contributed by atoms with Gasteiger partial charge in [-0.2, -0.15) is 4.99 Å². The maximum atomic E-state index is 13.9. The van der Waals surface area contributed by atoms with Gasteiger partial charge < -0.3 is 30.1 Å². The minimum Gasteiger partial charge on any atom is -0.479 e. The molecule has 2 fully saturated rings. The number of nitrogens with zero attached hydrogens (tertiary/aromatic N) is 6. The van der Waals surface area contributed by atoms with Gasteiger partial charge in [0, 0.05) is 82.4 Å². The van der Waals surface area contributed by atoms with Gasteiger partial charge in [0.05, 0.1) is 35.2 Å². The SMILES string of the molecule is CN/C1=C(\C(=N)C(F)F)c2cc(cc(C)n2)C(=O)/N=C2\Nc3ccc(CN4CCN(C(=O)C5CN(c6cc(F)cc(F)c6)C5)CC4)cc3N2C[C@H](C)CCCO1. The zero-order valence-corrected chi connectivity index (χ0v) is 31.5. The third kappa shape index (κ3) is 8.34. The first-order valence-electron chi connectivity index (χ1n) is 18.8. The summed E-state index contributed by atoms with van der Waals surface area (Å²) < 4.78 is 61.2. The molecule has 12 nitrogen and oxygen atoms in total. The van der Waals surface area contributed by atoms with Gasteiger partial charge in [0.1, 0.15) is 17.3 Å². The van der Waals surface area contributed by atoms with Crippen molar-refractivity contribution < 1.29 is 31.9 Å². The summed E-state index contributed by atoms with van der Waals surface area (Å²) in [6.45, 7) is 8.53. The number of hydrogen-bond acceptors (Lipinski definition) is 10. The maximum Gasteiger partial charge on any atom is 0.280 e. The Morgan fingerprint density at radius 3 is 2.46 bits per heavy atom. The van der Waals surface area contributed by atoms with Crippen molar-refractivity contribution >= 4 is 46.1 Å². The van der Waals surface area contributed by atoms with E-state index >= 15 is 0 Å². The summed E-state index contributed by atoms with van der Waals surface area (Å²) in [7, 11) is 1.53. The van der Waals surface area contributed by atoms with Crippen LogP contribution in [0.4, 0.5) is 34.6 Å². The molecule has 16 heteroatoms. The highest BCUT2D eigenvalue weighted by atomic mass is 19.3. The van der Waals surface area contributed by atoms with Crippen molar-refractivity contribution in [2.75, 3.05) is 74.6 Å². The minimum absolute atomic E-state index is 0.00849. The van der Waals surface area contributed by atoms with Crippen molar-refractivity contribution in [1.29, 1.82) is 5.41 Å². The lowest BCUT2D eigenvalue weighted by Crippen LogP contribution is -2.58. The first-order valence-corrected chi connectivity index (χ1v) is 18.8. The van der Waals surface area contributed by atoms with Crippen molar-refractivity contribution in [3.05, 3.63) is 88.6 Å². The van der Waals surface area contributed by atoms with E-state index in [2.05, 4.69) is 38.5 Å². The lowest BCUT2D eigenvalue weighted by Gasteiger charge is -2.44. The van der Waals surface area contributed by atoms with Crippen LogP contribution in [0.5, 0.6) is 0 Å². The molecule has 5 heterocycles. The average Bonchev–Trinajstić information content (AvgIpc) is 3.46. The molecule has 56 heavy (non-hydrogen) atoms. The van der Waals surface area contributed by atoms with Crippen LogP contribution < -0.4 is 20.4 Å². The molecule has 3 N–H and O–H groups in total. The molecule has 3 aromatic rings. The monoisotopic (exact) mass is 775 g/mol. The molecule has 4 aliphatic rings. The number of halogens is 4. The van der Waals surface area contributed by atoms with Gasteiger partial charge in [-0.15, -0.1) is 0 Å². The van der Waals surface area contributed by atoms with E-state index in [1.165, 1.54) is 31.3 Å². The molecule has 0 saturated carbocycles. The fraction of sp³-hybridized carbons (Fsp3) is 0.425. The fourth-order valence-electron chi connectivity index (χ4n) is 7.63. The van der Waals surface area contributed by atoms with E-state index in [0.717, 1.165) is 29.4 Å². The normalized spacial score (nSPS) is 21.9. The number of carbonyl (C=O) groups is 2. The smallest absolute Gasteiger partial charge is 0.280 e. The molecule has 0 aliphatic carbocycles. The molecule has 4 aliphatic heterocycles. The van der Waals surface area contributed by atoms with Crippen LogP contribution in [-0.4, -0.2) is 104 Å². The van der Waals surface area contributed by atoms with Gasteiger partial charge in [-0.1, -0.05) is 13.0 Å². The van der Waals surface area contributed by atoms with Crippen LogP contribution >= 0.6 is 0 Å². The number of aryl methyl sites for hydroxylation is 1. The maximum absolute atomic E-state index is 13.9. The Balaban J connectivity index is 1.05. The highest BCUT2D eigenvalue weighted by Gasteiger charge is 2.37. The van der Waals surface area contributed by atoms with Gasteiger partial charge in [-0.3, -0.25) is 24.9 Å². The third-order valence-electron chi connectivity index (χ3n) is 10.6. The second-order valence-electron chi connectivity index (χ2n) is 14.8. The molecule has 0 radical (unpaired) electrons. The number of piperazine rings is 1. The summed E-state index contributed by atoms with van der Waals surface area (Å²) in [4.78, 5) is 43.9. The largest absolute Gasteiger partial charge is 0.479 e. The number of hydrogen-bond donors (Lipinski definition) is 3. The molecule has 0 unspecified atom stereocenters. The van der Waals surface area contributed by atoms with Crippen LogP contribution in [0.15, 0.2) is 59.4 Å². The molecule has 0 spiro atoms. The van der Waals surface area contributed by atoms with Gasteiger partial charge in [0.2, 0.25) is 11.9 Å². The zero-order chi connectivity index (χ0) is 39.7. The van der Waals surface area contributed by atoms with E-state index in [1.807, 2.05) is 26.8 Å². The van der Waals surface area contributed by atoms with Crippen LogP contribution in [0.2, 0.25) is 0 Å². The number of pyridine rings is 1. The van der Waals surface area contributed by atoms with Crippen LogP contribution in [0, 0.1) is 35.8 Å². The van der Waals surface area contributed by atoms with Crippen LogP contribution in [0.1, 0.15) is 47.1 Å². The molecule has 2 amide bonds. The molecule has 7 rings (SSSR count). The van der Waals surface area contributed by atoms with Gasteiger partial charge in [0.25, 0.3) is 12.3 Å². The Morgan fingerprint density at radius 2 is 1.77 bits per heavy atom. The Morgan fingerprint density at radius 1 is 1.04 bits per heavy atom. The van der Waals surface area contributed by atoms with E-state index in [9.17, 15) is 27.2 Å². The number of aromatic nitrogens is 1. The number of rotatable bonds is 7. The fourth-order valence-corrected chi connectivity index (χ4v) is 7.63. The summed E-state index contributed by atoms with van der Waals surface area (Å²) in [5, 5.41) is 14.3. The Labute approximate surface area is 322 Å². The standard InChI is InChI=1S/C40H45F4N9O3/c1-23-5-4-12-56-38(46-3)34(35(45)36(43)44)32-15-26(13-24(2)47-32)37(54)49-40-48-31-7-6-25(14-33(31)53(40)19-23)20-50-8-10-51(11-9-50)39(55)27-21-52(22-27)30-17-28(41)16-29(42)18-30/h6-7,13-18,23,27,36,45-46H,4-5,8-12,19-22H2,1-3H3,(H,48,49,54)/b38-34+,45-35?/t23-/m1/s1. The number of carbonyl (C=O) groups excluding carboxylic acids is 2. The number of benzene rings is 2. The topological polar surface area (TPSA) is 129 Å². The van der Waals surface area contributed by atoms with Crippen LogP contribution in [0.3, 0.4) is 0 Å². The Kier molecular flexibility index (Phi) is 11.3. The minimum atomic E-state index is -3.09. The molecule has 1 aromatic heterocycles. The van der Waals surface area contributed by atoms with Gasteiger partial charge in [-0.25, -0.2) is 17.6 Å². The number of nitrogens with one attached hydrogen (secondary N) is 3. The molecular formula is C40H45F4N9O3. The highest BCUT2D eigenvalue weighted by molar-refractivity contribution is 6.24. The van der Waals surface area contributed by atoms with E-state index < -0.39 is 29.7 Å². The number of guanidine groups is 1. The number of alkyl halides is 2. The average molecular weight is 776 g/mol.